The number of fused-ring (bicyclic) bond motifs is 2. The van der Waals surface area contributed by atoms with Crippen LogP contribution >= 0.6 is 0 Å². The molecule has 0 spiro atoms. The Balaban J connectivity index is 1.34. The van der Waals surface area contributed by atoms with Gasteiger partial charge in [0, 0.05) is 55.7 Å². The first kappa shape index (κ1) is 18.8. The van der Waals surface area contributed by atoms with Gasteiger partial charge in [0.2, 0.25) is 0 Å². The summed E-state index contributed by atoms with van der Waals surface area (Å²) in [5.74, 6) is 0.716. The summed E-state index contributed by atoms with van der Waals surface area (Å²) in [6, 6.07) is 14.7. The number of rotatable bonds is 4. The molecule has 3 aromatic heterocycles. The van der Waals surface area contributed by atoms with Crippen molar-refractivity contribution in [1.29, 1.82) is 0 Å². The third kappa shape index (κ3) is 3.34. The van der Waals surface area contributed by atoms with Crippen LogP contribution in [0.25, 0.3) is 27.9 Å². The summed E-state index contributed by atoms with van der Waals surface area (Å²) in [6.45, 7) is 3.40. The highest BCUT2D eigenvalue weighted by molar-refractivity contribution is 5.82. The van der Waals surface area contributed by atoms with Crippen LogP contribution in [0.4, 0.5) is 17.2 Å². The zero-order valence-electron chi connectivity index (χ0n) is 17.8. The molecule has 2 aromatic carbocycles. The molecule has 0 atom stereocenters. The molecule has 4 heterocycles. The van der Waals surface area contributed by atoms with Crippen LogP contribution in [0.2, 0.25) is 0 Å². The van der Waals surface area contributed by atoms with Gasteiger partial charge in [-0.25, -0.2) is 15.0 Å². The monoisotopic (exact) mass is 425 g/mol. The fourth-order valence-corrected chi connectivity index (χ4v) is 4.16. The van der Waals surface area contributed by atoms with Gasteiger partial charge in [0.15, 0.2) is 11.5 Å². The average molecular weight is 425 g/mol. The lowest BCUT2D eigenvalue weighted by molar-refractivity contribution is 0.122. The number of anilines is 3. The van der Waals surface area contributed by atoms with Crippen molar-refractivity contribution in [2.45, 2.75) is 0 Å². The first-order valence-corrected chi connectivity index (χ1v) is 10.7. The molecule has 0 bridgehead atoms. The number of morpholine rings is 1. The van der Waals surface area contributed by atoms with E-state index < -0.39 is 0 Å². The summed E-state index contributed by atoms with van der Waals surface area (Å²) in [5.41, 5.74) is 6.87. The minimum absolute atomic E-state index is 0.716. The highest BCUT2D eigenvalue weighted by Gasteiger charge is 2.13. The summed E-state index contributed by atoms with van der Waals surface area (Å²) in [7, 11) is 2.00. The predicted molar refractivity (Wildman–Crippen MR) is 125 cm³/mol. The van der Waals surface area contributed by atoms with Crippen molar-refractivity contribution < 1.29 is 4.74 Å². The van der Waals surface area contributed by atoms with Gasteiger partial charge in [-0.1, -0.05) is 6.07 Å². The van der Waals surface area contributed by atoms with Crippen LogP contribution < -0.4 is 10.2 Å². The van der Waals surface area contributed by atoms with Crippen molar-refractivity contribution in [2.75, 3.05) is 36.5 Å². The number of hydrogen-bond donors (Lipinski definition) is 1. The number of hydrogen-bond acceptors (Lipinski definition) is 6. The van der Waals surface area contributed by atoms with Crippen LogP contribution in [-0.2, 0) is 11.8 Å². The van der Waals surface area contributed by atoms with E-state index in [0.717, 1.165) is 59.9 Å². The number of aryl methyl sites for hydroxylation is 1. The maximum absolute atomic E-state index is 5.45. The number of nitrogens with zero attached hydrogens (tertiary/aromatic N) is 6. The molecule has 0 saturated carbocycles. The molecule has 1 saturated heterocycles. The van der Waals surface area contributed by atoms with Crippen molar-refractivity contribution in [3.05, 3.63) is 67.4 Å². The van der Waals surface area contributed by atoms with Gasteiger partial charge in [-0.3, -0.25) is 0 Å². The van der Waals surface area contributed by atoms with Crippen molar-refractivity contribution >= 4 is 33.9 Å². The van der Waals surface area contributed by atoms with Gasteiger partial charge in [0.1, 0.15) is 0 Å². The second kappa shape index (κ2) is 7.65. The normalized spacial score (nSPS) is 14.3. The highest BCUT2D eigenvalue weighted by atomic mass is 16.5. The molecule has 1 aliphatic rings. The summed E-state index contributed by atoms with van der Waals surface area (Å²) in [5, 5.41) is 3.46. The Bertz CT molecular complexity index is 1400. The molecule has 6 rings (SSSR count). The highest BCUT2D eigenvalue weighted by Crippen LogP contribution is 2.27. The third-order valence-electron chi connectivity index (χ3n) is 5.90. The zero-order chi connectivity index (χ0) is 21.5. The lowest BCUT2D eigenvalue weighted by Crippen LogP contribution is -2.36. The Labute approximate surface area is 185 Å². The molecule has 8 nitrogen and oxygen atoms in total. The fraction of sp³-hybridized carbons (Fsp3) is 0.208. The van der Waals surface area contributed by atoms with Crippen molar-refractivity contribution in [3.8, 4) is 11.3 Å². The van der Waals surface area contributed by atoms with Gasteiger partial charge in [-0.2, -0.15) is 0 Å². The SMILES string of the molecule is Cn1cnc2cc(-c3cn4ccnc4c(Nc4ccc(N5CCOCC5)cc4)n3)ccc21. The number of benzene rings is 2. The second-order valence-electron chi connectivity index (χ2n) is 7.96. The van der Waals surface area contributed by atoms with Crippen molar-refractivity contribution in [3.63, 3.8) is 0 Å². The minimum atomic E-state index is 0.716. The predicted octanol–water partition coefficient (Wildman–Crippen LogP) is 3.86. The Morgan fingerprint density at radius 1 is 1.00 bits per heavy atom. The van der Waals surface area contributed by atoms with E-state index in [-0.39, 0.29) is 0 Å². The molecule has 32 heavy (non-hydrogen) atoms. The van der Waals surface area contributed by atoms with Crippen LogP contribution in [0.1, 0.15) is 0 Å². The molecular formula is C24H23N7O. The lowest BCUT2D eigenvalue weighted by Gasteiger charge is -2.28. The molecule has 0 aliphatic carbocycles. The van der Waals surface area contributed by atoms with Crippen molar-refractivity contribution in [1.82, 2.24) is 23.9 Å². The molecule has 5 aromatic rings. The molecule has 1 fully saturated rings. The summed E-state index contributed by atoms with van der Waals surface area (Å²) >= 11 is 0. The number of aromatic nitrogens is 5. The van der Waals surface area contributed by atoms with E-state index in [4.69, 9.17) is 9.72 Å². The zero-order valence-corrected chi connectivity index (χ0v) is 17.8. The third-order valence-corrected chi connectivity index (χ3v) is 5.90. The Morgan fingerprint density at radius 3 is 2.69 bits per heavy atom. The maximum Gasteiger partial charge on any atom is 0.180 e. The van der Waals surface area contributed by atoms with E-state index in [2.05, 4.69) is 62.6 Å². The van der Waals surface area contributed by atoms with E-state index >= 15 is 0 Å². The molecule has 1 N–H and O–H groups in total. The van der Waals surface area contributed by atoms with Gasteiger partial charge < -0.3 is 23.9 Å². The maximum atomic E-state index is 5.45. The number of nitrogens with one attached hydrogen (secondary N) is 1. The molecule has 0 unspecified atom stereocenters. The minimum Gasteiger partial charge on any atom is -0.378 e. The lowest BCUT2D eigenvalue weighted by atomic mass is 10.1. The first-order chi connectivity index (χ1) is 15.7. The smallest absolute Gasteiger partial charge is 0.180 e. The van der Waals surface area contributed by atoms with E-state index in [1.165, 1.54) is 5.69 Å². The van der Waals surface area contributed by atoms with Gasteiger partial charge in [-0.05, 0) is 36.4 Å². The summed E-state index contributed by atoms with van der Waals surface area (Å²) in [4.78, 5) is 16.2. The van der Waals surface area contributed by atoms with Crippen LogP contribution in [-0.4, -0.2) is 50.2 Å². The molecule has 8 heteroatoms. The van der Waals surface area contributed by atoms with Crippen LogP contribution in [0.15, 0.2) is 67.4 Å². The Kier molecular flexibility index (Phi) is 4.50. The average Bonchev–Trinajstić information content (AvgIpc) is 3.47. The Hall–Kier alpha value is -3.91. The topological polar surface area (TPSA) is 72.5 Å². The fourth-order valence-electron chi connectivity index (χ4n) is 4.16. The van der Waals surface area contributed by atoms with Crippen LogP contribution in [0.3, 0.4) is 0 Å². The van der Waals surface area contributed by atoms with Crippen molar-refractivity contribution in [2.24, 2.45) is 7.05 Å². The van der Waals surface area contributed by atoms with Gasteiger partial charge in [0.05, 0.1) is 36.3 Å². The van der Waals surface area contributed by atoms with E-state index in [9.17, 15) is 0 Å². The molecule has 0 radical (unpaired) electrons. The van der Waals surface area contributed by atoms with Gasteiger partial charge in [-0.15, -0.1) is 0 Å². The standard InChI is InChI=1S/C24H23N7O/c1-29-16-26-20-14-17(2-7-22(20)29)21-15-31-9-8-25-24(31)23(28-21)27-18-3-5-19(6-4-18)30-10-12-32-13-11-30/h2-9,14-16H,10-13H2,1H3,(H,27,28). The molecular weight excluding hydrogens is 402 g/mol. The van der Waals surface area contributed by atoms with Crippen LogP contribution in [0.5, 0.6) is 0 Å². The van der Waals surface area contributed by atoms with Crippen LogP contribution in [0, 0.1) is 0 Å². The summed E-state index contributed by atoms with van der Waals surface area (Å²) in [6.07, 6.45) is 7.55. The molecule has 1 aliphatic heterocycles. The number of ether oxygens (including phenoxy) is 1. The van der Waals surface area contributed by atoms with Gasteiger partial charge in [0.25, 0.3) is 0 Å². The Morgan fingerprint density at radius 2 is 1.84 bits per heavy atom. The molecule has 0 amide bonds. The van der Waals surface area contributed by atoms with E-state index in [0.29, 0.717) is 5.82 Å². The first-order valence-electron chi connectivity index (χ1n) is 10.7. The second-order valence-corrected chi connectivity index (χ2v) is 7.96. The van der Waals surface area contributed by atoms with E-state index in [1.54, 1.807) is 6.20 Å². The number of imidazole rings is 2. The van der Waals surface area contributed by atoms with Gasteiger partial charge >= 0.3 is 0 Å². The largest absolute Gasteiger partial charge is 0.378 e. The molecule has 160 valence electrons. The quantitative estimate of drug-likeness (QED) is 0.471. The summed E-state index contributed by atoms with van der Waals surface area (Å²) < 4.78 is 9.46. The van der Waals surface area contributed by atoms with E-state index in [1.807, 2.05) is 34.7 Å².